The molecule has 21 heavy (non-hydrogen) atoms. The molecule has 1 fully saturated rings. The number of ether oxygens (including phenoxy) is 1. The number of hydrogen-bond acceptors (Lipinski definition) is 5. The molecular formula is C12H17F3N4O2. The van der Waals surface area contributed by atoms with Crippen molar-refractivity contribution in [1.29, 1.82) is 0 Å². The number of anilines is 1. The second-order valence-corrected chi connectivity index (χ2v) is 5.21. The van der Waals surface area contributed by atoms with E-state index in [1.807, 2.05) is 7.05 Å². The topological polar surface area (TPSA) is 59.4 Å². The summed E-state index contributed by atoms with van der Waals surface area (Å²) in [6.45, 7) is 2.51. The van der Waals surface area contributed by atoms with E-state index < -0.39 is 12.1 Å². The number of aromatic nitrogens is 2. The lowest BCUT2D eigenvalue weighted by Crippen LogP contribution is -2.28. The van der Waals surface area contributed by atoms with Crippen molar-refractivity contribution in [3.63, 3.8) is 0 Å². The van der Waals surface area contributed by atoms with E-state index in [1.54, 1.807) is 7.05 Å². The summed E-state index contributed by atoms with van der Waals surface area (Å²) in [5, 5.41) is 6.72. The van der Waals surface area contributed by atoms with E-state index in [1.165, 1.54) is 10.9 Å². The van der Waals surface area contributed by atoms with Crippen LogP contribution in [0.3, 0.4) is 0 Å². The first-order valence-corrected chi connectivity index (χ1v) is 6.50. The highest BCUT2D eigenvalue weighted by Gasteiger charge is 2.42. The van der Waals surface area contributed by atoms with Crippen LogP contribution in [-0.4, -0.2) is 53.5 Å². The molecule has 0 bridgehead atoms. The van der Waals surface area contributed by atoms with E-state index in [9.17, 15) is 18.0 Å². The van der Waals surface area contributed by atoms with Crippen LogP contribution in [0.15, 0.2) is 6.20 Å². The summed E-state index contributed by atoms with van der Waals surface area (Å²) in [7, 11) is 3.56. The fourth-order valence-electron chi connectivity index (χ4n) is 2.26. The van der Waals surface area contributed by atoms with Gasteiger partial charge in [0.1, 0.15) is 5.69 Å². The Bertz CT molecular complexity index is 515. The SMILES string of the molecule is CN1CCC(CNc2cn(C)nc2OC(=O)C(F)(F)F)C1. The molecule has 118 valence electrons. The highest BCUT2D eigenvalue weighted by molar-refractivity contribution is 5.79. The molecule has 1 aliphatic rings. The van der Waals surface area contributed by atoms with Gasteiger partial charge in [0, 0.05) is 20.1 Å². The van der Waals surface area contributed by atoms with Gasteiger partial charge in [-0.05, 0) is 25.9 Å². The molecule has 2 heterocycles. The Morgan fingerprint density at radius 2 is 2.24 bits per heavy atom. The monoisotopic (exact) mass is 306 g/mol. The van der Waals surface area contributed by atoms with Gasteiger partial charge in [0.2, 0.25) is 0 Å². The average Bonchev–Trinajstić information content (AvgIpc) is 2.92. The molecule has 0 radical (unpaired) electrons. The third kappa shape index (κ3) is 4.10. The third-order valence-electron chi connectivity index (χ3n) is 3.29. The molecule has 0 aromatic carbocycles. The molecule has 1 aromatic heterocycles. The highest BCUT2D eigenvalue weighted by atomic mass is 19.4. The normalized spacial score (nSPS) is 19.8. The Labute approximate surface area is 119 Å². The zero-order valence-corrected chi connectivity index (χ0v) is 11.8. The van der Waals surface area contributed by atoms with Crippen LogP contribution >= 0.6 is 0 Å². The maximum absolute atomic E-state index is 12.2. The lowest BCUT2D eigenvalue weighted by Gasteiger charge is -2.12. The molecule has 1 aromatic rings. The molecule has 1 atom stereocenters. The van der Waals surface area contributed by atoms with Crippen molar-refractivity contribution in [1.82, 2.24) is 14.7 Å². The molecule has 0 aliphatic carbocycles. The first-order chi connectivity index (χ1) is 9.75. The quantitative estimate of drug-likeness (QED) is 0.849. The third-order valence-corrected chi connectivity index (χ3v) is 3.29. The first kappa shape index (κ1) is 15.6. The lowest BCUT2D eigenvalue weighted by molar-refractivity contribution is -0.189. The molecular weight excluding hydrogens is 289 g/mol. The second-order valence-electron chi connectivity index (χ2n) is 5.21. The Hall–Kier alpha value is -1.77. The number of carbonyl (C=O) groups excluding carboxylic acids is 1. The summed E-state index contributed by atoms with van der Waals surface area (Å²) >= 11 is 0. The standard InChI is InChI=1S/C12H17F3N4O2/c1-18-4-3-8(6-18)5-16-9-7-19(2)17-10(9)21-11(20)12(13,14)15/h7-8,16H,3-6H2,1-2H3. The van der Waals surface area contributed by atoms with Crippen LogP contribution in [0.25, 0.3) is 0 Å². The molecule has 1 aliphatic heterocycles. The minimum absolute atomic E-state index is 0.282. The maximum atomic E-state index is 12.2. The van der Waals surface area contributed by atoms with E-state index >= 15 is 0 Å². The van der Waals surface area contributed by atoms with Gasteiger partial charge in [0.25, 0.3) is 5.88 Å². The van der Waals surface area contributed by atoms with E-state index in [2.05, 4.69) is 20.1 Å². The van der Waals surface area contributed by atoms with Crippen molar-refractivity contribution < 1.29 is 22.7 Å². The minimum Gasteiger partial charge on any atom is -0.397 e. The Morgan fingerprint density at radius 1 is 1.52 bits per heavy atom. The smallest absolute Gasteiger partial charge is 0.397 e. The van der Waals surface area contributed by atoms with Crippen molar-refractivity contribution in [3.05, 3.63) is 6.20 Å². The summed E-state index contributed by atoms with van der Waals surface area (Å²) in [5.41, 5.74) is 0.282. The Morgan fingerprint density at radius 3 is 2.81 bits per heavy atom. The fraction of sp³-hybridized carbons (Fsp3) is 0.667. The van der Waals surface area contributed by atoms with Gasteiger partial charge in [-0.1, -0.05) is 0 Å². The van der Waals surface area contributed by atoms with Crippen LogP contribution in [0.1, 0.15) is 6.42 Å². The number of likely N-dealkylation sites (tertiary alicyclic amines) is 1. The Kier molecular flexibility index (Phi) is 4.40. The number of hydrogen-bond donors (Lipinski definition) is 1. The number of nitrogens with one attached hydrogen (secondary N) is 1. The predicted octanol–water partition coefficient (Wildman–Crippen LogP) is 1.25. The van der Waals surface area contributed by atoms with E-state index in [0.29, 0.717) is 12.5 Å². The molecule has 1 unspecified atom stereocenters. The number of carbonyl (C=O) groups is 1. The van der Waals surface area contributed by atoms with Crippen LogP contribution < -0.4 is 10.1 Å². The molecule has 1 N–H and O–H groups in total. The molecule has 0 amide bonds. The summed E-state index contributed by atoms with van der Waals surface area (Å²) in [6.07, 6.45) is -2.54. The molecule has 9 heteroatoms. The van der Waals surface area contributed by atoms with Crippen molar-refractivity contribution in [2.45, 2.75) is 12.6 Å². The van der Waals surface area contributed by atoms with Crippen LogP contribution in [0.2, 0.25) is 0 Å². The van der Waals surface area contributed by atoms with Crippen molar-refractivity contribution in [2.75, 3.05) is 32.0 Å². The lowest BCUT2D eigenvalue weighted by atomic mass is 10.1. The van der Waals surface area contributed by atoms with Gasteiger partial charge < -0.3 is 15.0 Å². The number of nitrogens with zero attached hydrogens (tertiary/aromatic N) is 3. The van der Waals surface area contributed by atoms with Gasteiger partial charge in [-0.15, -0.1) is 5.10 Å². The molecule has 6 nitrogen and oxygen atoms in total. The van der Waals surface area contributed by atoms with Crippen LogP contribution in [0.4, 0.5) is 18.9 Å². The number of alkyl halides is 3. The van der Waals surface area contributed by atoms with Crippen molar-refractivity contribution in [3.8, 4) is 5.88 Å². The van der Waals surface area contributed by atoms with Crippen molar-refractivity contribution in [2.24, 2.45) is 13.0 Å². The summed E-state index contributed by atoms with van der Waals surface area (Å²) in [5.74, 6) is -2.22. The molecule has 0 spiro atoms. The largest absolute Gasteiger partial charge is 0.491 e. The van der Waals surface area contributed by atoms with Gasteiger partial charge in [0.05, 0.1) is 6.20 Å². The summed E-state index contributed by atoms with van der Waals surface area (Å²) in [6, 6.07) is 0. The van der Waals surface area contributed by atoms with Crippen LogP contribution in [0, 0.1) is 5.92 Å². The highest BCUT2D eigenvalue weighted by Crippen LogP contribution is 2.26. The predicted molar refractivity (Wildman–Crippen MR) is 69.0 cm³/mol. The van der Waals surface area contributed by atoms with Gasteiger partial charge in [0.15, 0.2) is 0 Å². The van der Waals surface area contributed by atoms with Gasteiger partial charge >= 0.3 is 12.1 Å². The second kappa shape index (κ2) is 5.92. The van der Waals surface area contributed by atoms with Crippen LogP contribution in [-0.2, 0) is 11.8 Å². The molecule has 0 saturated carbocycles. The zero-order valence-electron chi connectivity index (χ0n) is 11.8. The van der Waals surface area contributed by atoms with Crippen molar-refractivity contribution >= 4 is 11.7 Å². The first-order valence-electron chi connectivity index (χ1n) is 6.50. The fourth-order valence-corrected chi connectivity index (χ4v) is 2.26. The average molecular weight is 306 g/mol. The molecule has 2 rings (SSSR count). The minimum atomic E-state index is -5.04. The zero-order chi connectivity index (χ0) is 15.6. The van der Waals surface area contributed by atoms with Gasteiger partial charge in [-0.3, -0.25) is 4.68 Å². The molecule has 1 saturated heterocycles. The summed E-state index contributed by atoms with van der Waals surface area (Å²) < 4.78 is 42.2. The number of halogens is 3. The summed E-state index contributed by atoms with van der Waals surface area (Å²) in [4.78, 5) is 13.0. The van der Waals surface area contributed by atoms with E-state index in [0.717, 1.165) is 19.5 Å². The number of esters is 1. The van der Waals surface area contributed by atoms with E-state index in [4.69, 9.17) is 0 Å². The van der Waals surface area contributed by atoms with Gasteiger partial charge in [-0.2, -0.15) is 13.2 Å². The van der Waals surface area contributed by atoms with Gasteiger partial charge in [-0.25, -0.2) is 4.79 Å². The number of rotatable bonds is 4. The Balaban J connectivity index is 1.98. The number of aryl methyl sites for hydroxylation is 1. The maximum Gasteiger partial charge on any atom is 0.491 e. The van der Waals surface area contributed by atoms with E-state index in [-0.39, 0.29) is 11.6 Å². The van der Waals surface area contributed by atoms with Crippen LogP contribution in [0.5, 0.6) is 5.88 Å².